The second kappa shape index (κ2) is 7.64. The fraction of sp³-hybridized carbons (Fsp3) is 0.429. The molecule has 0 bridgehead atoms. The van der Waals surface area contributed by atoms with E-state index >= 15 is 0 Å². The quantitative estimate of drug-likeness (QED) is 0.562. The third-order valence-electron chi connectivity index (χ3n) is 4.81. The van der Waals surface area contributed by atoms with Crippen LogP contribution in [0.3, 0.4) is 0 Å². The first kappa shape index (κ1) is 21.8. The molecule has 1 saturated heterocycles. The van der Waals surface area contributed by atoms with Crippen molar-refractivity contribution < 1.29 is 27.4 Å². The molecule has 3 aromatic rings. The molecule has 170 valence electrons. The molecule has 1 fully saturated rings. The minimum absolute atomic E-state index is 0.268. The molecule has 0 aliphatic carbocycles. The van der Waals surface area contributed by atoms with Crippen molar-refractivity contribution in [1.82, 2.24) is 19.5 Å². The summed E-state index contributed by atoms with van der Waals surface area (Å²) in [5.74, 6) is -0.458. The number of hydrogen-bond acceptors (Lipinski definition) is 7. The molecule has 0 spiro atoms. The molecular formula is C21H22F3N5O3. The lowest BCUT2D eigenvalue weighted by atomic mass is 10.0. The molecule has 0 unspecified atom stereocenters. The van der Waals surface area contributed by atoms with Crippen LogP contribution in [-0.4, -0.2) is 50.5 Å². The normalized spacial score (nSPS) is 15.0. The lowest BCUT2D eigenvalue weighted by Crippen LogP contribution is -2.52. The van der Waals surface area contributed by atoms with Crippen LogP contribution in [0.25, 0.3) is 22.4 Å². The molecule has 32 heavy (non-hydrogen) atoms. The van der Waals surface area contributed by atoms with Gasteiger partial charge in [0.2, 0.25) is 5.95 Å². The van der Waals surface area contributed by atoms with Gasteiger partial charge in [-0.15, -0.1) is 13.2 Å². The van der Waals surface area contributed by atoms with Gasteiger partial charge in [-0.1, -0.05) is 0 Å². The minimum atomic E-state index is -4.76. The van der Waals surface area contributed by atoms with Crippen molar-refractivity contribution in [1.29, 1.82) is 0 Å². The Morgan fingerprint density at radius 1 is 1.09 bits per heavy atom. The Morgan fingerprint density at radius 2 is 1.75 bits per heavy atom. The van der Waals surface area contributed by atoms with Gasteiger partial charge in [-0.05, 0) is 45.0 Å². The van der Waals surface area contributed by atoms with E-state index in [2.05, 4.69) is 19.7 Å². The molecule has 0 saturated carbocycles. The minimum Gasteiger partial charge on any atom is -0.460 e. The molecule has 11 heteroatoms. The topological polar surface area (TPSA) is 82.4 Å². The Bertz CT molecular complexity index is 1150. The van der Waals surface area contributed by atoms with Gasteiger partial charge in [0.1, 0.15) is 22.6 Å². The number of aromatic nitrogens is 4. The molecule has 1 aliphatic rings. The number of esters is 1. The highest BCUT2D eigenvalue weighted by atomic mass is 19.4. The van der Waals surface area contributed by atoms with Crippen LogP contribution in [0.1, 0.15) is 20.8 Å². The Balaban J connectivity index is 1.60. The van der Waals surface area contributed by atoms with Gasteiger partial charge in [0.05, 0.1) is 12.2 Å². The number of benzene rings is 1. The summed E-state index contributed by atoms with van der Waals surface area (Å²) in [6.07, 6.45) is -3.17. The van der Waals surface area contributed by atoms with Crippen LogP contribution in [0.5, 0.6) is 5.75 Å². The smallest absolute Gasteiger partial charge is 0.460 e. The highest BCUT2D eigenvalue weighted by molar-refractivity contribution is 5.88. The summed E-state index contributed by atoms with van der Waals surface area (Å²) in [5, 5.41) is 0. The van der Waals surface area contributed by atoms with Crippen LogP contribution in [0.2, 0.25) is 0 Å². The second-order valence-electron chi connectivity index (χ2n) is 8.61. The van der Waals surface area contributed by atoms with Gasteiger partial charge in [0.15, 0.2) is 5.65 Å². The van der Waals surface area contributed by atoms with Crippen molar-refractivity contribution in [3.8, 4) is 17.0 Å². The molecule has 0 amide bonds. The summed E-state index contributed by atoms with van der Waals surface area (Å²) in [6.45, 7) is 6.28. The van der Waals surface area contributed by atoms with Gasteiger partial charge in [0.25, 0.3) is 0 Å². The van der Waals surface area contributed by atoms with E-state index in [1.54, 1.807) is 17.9 Å². The average Bonchev–Trinajstić information content (AvgIpc) is 2.99. The Labute approximate surface area is 182 Å². The third-order valence-corrected chi connectivity index (χ3v) is 4.81. The number of halogens is 3. The van der Waals surface area contributed by atoms with Crippen molar-refractivity contribution in [2.45, 2.75) is 32.7 Å². The number of ether oxygens (including phenoxy) is 2. The van der Waals surface area contributed by atoms with E-state index in [-0.39, 0.29) is 17.6 Å². The number of anilines is 1. The van der Waals surface area contributed by atoms with Crippen LogP contribution in [-0.2, 0) is 16.6 Å². The van der Waals surface area contributed by atoms with Crippen LogP contribution in [0.15, 0.2) is 30.6 Å². The largest absolute Gasteiger partial charge is 0.573 e. The maximum absolute atomic E-state index is 12.4. The summed E-state index contributed by atoms with van der Waals surface area (Å²) < 4.78 is 48.4. The molecule has 4 rings (SSSR count). The molecule has 3 heterocycles. The lowest BCUT2D eigenvalue weighted by molar-refractivity contribution is -0.274. The first-order valence-electron chi connectivity index (χ1n) is 9.93. The van der Waals surface area contributed by atoms with Crippen LogP contribution in [0, 0.1) is 5.92 Å². The zero-order valence-corrected chi connectivity index (χ0v) is 18.0. The summed E-state index contributed by atoms with van der Waals surface area (Å²) in [6, 6.07) is 5.42. The van der Waals surface area contributed by atoms with Crippen molar-refractivity contribution in [3.05, 3.63) is 30.6 Å². The predicted octanol–water partition coefficient (Wildman–Crippen LogP) is 3.71. The molecule has 1 aliphatic heterocycles. The van der Waals surface area contributed by atoms with Crippen LogP contribution < -0.4 is 9.64 Å². The monoisotopic (exact) mass is 449 g/mol. The highest BCUT2D eigenvalue weighted by Crippen LogP contribution is 2.32. The first-order chi connectivity index (χ1) is 14.9. The molecule has 1 aromatic carbocycles. The second-order valence-corrected chi connectivity index (χ2v) is 8.61. The zero-order chi connectivity index (χ0) is 23.3. The van der Waals surface area contributed by atoms with Gasteiger partial charge in [0, 0.05) is 25.7 Å². The van der Waals surface area contributed by atoms with Crippen molar-refractivity contribution >= 4 is 23.1 Å². The number of hydrogen-bond donors (Lipinski definition) is 0. The third kappa shape index (κ3) is 4.61. The summed E-state index contributed by atoms with van der Waals surface area (Å²) >= 11 is 0. The number of fused-ring (bicyclic) bond motifs is 1. The van der Waals surface area contributed by atoms with Crippen molar-refractivity contribution in [2.24, 2.45) is 13.0 Å². The lowest BCUT2D eigenvalue weighted by Gasteiger charge is -2.38. The van der Waals surface area contributed by atoms with Crippen LogP contribution >= 0.6 is 0 Å². The summed E-state index contributed by atoms with van der Waals surface area (Å²) in [7, 11) is 1.79. The zero-order valence-electron chi connectivity index (χ0n) is 18.0. The fourth-order valence-corrected chi connectivity index (χ4v) is 3.33. The van der Waals surface area contributed by atoms with E-state index < -0.39 is 12.0 Å². The number of nitrogens with zero attached hydrogens (tertiary/aromatic N) is 5. The number of alkyl halides is 3. The van der Waals surface area contributed by atoms with E-state index in [0.29, 0.717) is 41.5 Å². The Hall–Kier alpha value is -3.37. The maximum Gasteiger partial charge on any atom is 0.573 e. The van der Waals surface area contributed by atoms with E-state index in [1.165, 1.54) is 24.3 Å². The van der Waals surface area contributed by atoms with Gasteiger partial charge in [-0.2, -0.15) is 4.98 Å². The Morgan fingerprint density at radius 3 is 2.34 bits per heavy atom. The van der Waals surface area contributed by atoms with E-state index in [9.17, 15) is 18.0 Å². The van der Waals surface area contributed by atoms with Crippen molar-refractivity contribution in [2.75, 3.05) is 18.0 Å². The summed E-state index contributed by atoms with van der Waals surface area (Å²) in [5.41, 5.74) is 1.57. The van der Waals surface area contributed by atoms with Crippen LogP contribution in [0.4, 0.5) is 19.1 Å². The predicted molar refractivity (Wildman–Crippen MR) is 110 cm³/mol. The molecule has 2 aromatic heterocycles. The van der Waals surface area contributed by atoms with Gasteiger partial charge >= 0.3 is 12.3 Å². The van der Waals surface area contributed by atoms with E-state index in [0.717, 1.165) is 0 Å². The van der Waals surface area contributed by atoms with Gasteiger partial charge in [-0.25, -0.2) is 9.97 Å². The van der Waals surface area contributed by atoms with Gasteiger partial charge < -0.3 is 18.9 Å². The number of carbonyl (C=O) groups excluding carboxylic acids is 1. The fourth-order valence-electron chi connectivity index (χ4n) is 3.33. The summed E-state index contributed by atoms with van der Waals surface area (Å²) in [4.78, 5) is 27.6. The number of aryl methyl sites for hydroxylation is 1. The number of carbonyl (C=O) groups is 1. The number of imidazole rings is 1. The molecule has 0 radical (unpaired) electrons. The first-order valence-corrected chi connectivity index (χ1v) is 9.93. The highest BCUT2D eigenvalue weighted by Gasteiger charge is 2.37. The molecular weight excluding hydrogens is 427 g/mol. The number of rotatable bonds is 4. The SMILES string of the molecule is Cn1cnc2c(-c3ccc(OC(F)(F)F)cc3)nc(N3CC(C(=O)OC(C)(C)C)C3)nc21. The van der Waals surface area contributed by atoms with E-state index in [1.807, 2.05) is 25.7 Å². The van der Waals surface area contributed by atoms with Gasteiger partial charge in [-0.3, -0.25) is 4.79 Å². The van der Waals surface area contributed by atoms with E-state index in [4.69, 9.17) is 4.74 Å². The molecule has 8 nitrogen and oxygen atoms in total. The average molecular weight is 449 g/mol. The Kier molecular flexibility index (Phi) is 5.22. The molecule has 0 atom stereocenters. The standard InChI is InChI=1S/C21H22F3N5O3/c1-20(2,3)32-18(30)13-9-29(10-13)19-26-15(16-17(27-19)28(4)11-25-16)12-5-7-14(8-6-12)31-21(22,23)24/h5-8,11,13H,9-10H2,1-4H3. The maximum atomic E-state index is 12.4. The van der Waals surface area contributed by atoms with Crippen molar-refractivity contribution in [3.63, 3.8) is 0 Å². The molecule has 0 N–H and O–H groups in total.